The zero-order valence-corrected chi connectivity index (χ0v) is 12.3. The number of rotatable bonds is 6. The lowest BCUT2D eigenvalue weighted by atomic mass is 9.82. The first-order valence-corrected chi connectivity index (χ1v) is 6.88. The van der Waals surface area contributed by atoms with Gasteiger partial charge in [-0.05, 0) is 19.4 Å². The highest BCUT2D eigenvalue weighted by atomic mass is 19.4. The molecule has 1 amide bonds. The number of esters is 1. The first-order valence-electron chi connectivity index (χ1n) is 6.88. The Hall–Kier alpha value is -1.31. The average Bonchev–Trinajstić information content (AvgIpc) is 2.91. The lowest BCUT2D eigenvalue weighted by Gasteiger charge is -2.33. The maximum absolute atomic E-state index is 12.7. The van der Waals surface area contributed by atoms with Gasteiger partial charge in [0.15, 0.2) is 0 Å². The van der Waals surface area contributed by atoms with Gasteiger partial charge in [0.25, 0.3) is 0 Å². The molecule has 122 valence electrons. The van der Waals surface area contributed by atoms with Gasteiger partial charge in [0.05, 0.1) is 18.9 Å². The van der Waals surface area contributed by atoms with Crippen LogP contribution in [0.25, 0.3) is 0 Å². The number of alkyl halides is 3. The van der Waals surface area contributed by atoms with Gasteiger partial charge in [-0.15, -0.1) is 0 Å². The second kappa shape index (κ2) is 7.11. The minimum atomic E-state index is -4.49. The number of ether oxygens (including phenoxy) is 1. The zero-order chi connectivity index (χ0) is 16.1. The van der Waals surface area contributed by atoms with Crippen molar-refractivity contribution in [2.24, 2.45) is 5.41 Å². The second-order valence-corrected chi connectivity index (χ2v) is 5.23. The van der Waals surface area contributed by atoms with Gasteiger partial charge in [0.1, 0.15) is 6.54 Å². The average molecular weight is 310 g/mol. The topological polar surface area (TPSA) is 58.6 Å². The Morgan fingerprint density at radius 2 is 2.05 bits per heavy atom. The standard InChI is InChI=1S/C13H21F3N2O3/c1-3-12(5-6-17-8-12)11(20)18(9-13(14,15)16)7-4-10(19)21-2/h17H,3-9H2,1-2H3. The maximum Gasteiger partial charge on any atom is 0.406 e. The summed E-state index contributed by atoms with van der Waals surface area (Å²) in [7, 11) is 1.16. The summed E-state index contributed by atoms with van der Waals surface area (Å²) in [5.74, 6) is -1.18. The molecule has 0 aromatic heterocycles. The van der Waals surface area contributed by atoms with Crippen molar-refractivity contribution in [3.63, 3.8) is 0 Å². The lowest BCUT2D eigenvalue weighted by Crippen LogP contribution is -2.49. The summed E-state index contributed by atoms with van der Waals surface area (Å²) in [6.45, 7) is 1.14. The van der Waals surface area contributed by atoms with E-state index < -0.39 is 30.0 Å². The number of halogens is 3. The van der Waals surface area contributed by atoms with E-state index in [1.165, 1.54) is 0 Å². The molecule has 0 saturated carbocycles. The Bertz CT molecular complexity index is 379. The van der Waals surface area contributed by atoms with Gasteiger partial charge < -0.3 is 15.0 Å². The molecule has 0 aromatic rings. The van der Waals surface area contributed by atoms with E-state index in [1.54, 1.807) is 6.92 Å². The lowest BCUT2D eigenvalue weighted by molar-refractivity contribution is -0.168. The van der Waals surface area contributed by atoms with Crippen LogP contribution in [-0.4, -0.2) is 56.2 Å². The Morgan fingerprint density at radius 1 is 1.38 bits per heavy atom. The third-order valence-corrected chi connectivity index (χ3v) is 3.85. The highest BCUT2D eigenvalue weighted by molar-refractivity contribution is 5.84. The number of methoxy groups -OCH3 is 1. The number of nitrogens with zero attached hydrogens (tertiary/aromatic N) is 1. The molecule has 0 bridgehead atoms. The van der Waals surface area contributed by atoms with Crippen LogP contribution in [0.5, 0.6) is 0 Å². The molecule has 1 rings (SSSR count). The molecule has 1 saturated heterocycles. The number of hydrogen-bond donors (Lipinski definition) is 1. The van der Waals surface area contributed by atoms with Crippen molar-refractivity contribution in [2.45, 2.75) is 32.4 Å². The van der Waals surface area contributed by atoms with Gasteiger partial charge in [0.2, 0.25) is 5.91 Å². The summed E-state index contributed by atoms with van der Waals surface area (Å²) in [6.07, 6.45) is -3.77. The Kier molecular flexibility index (Phi) is 6.00. The second-order valence-electron chi connectivity index (χ2n) is 5.23. The molecule has 1 fully saturated rings. The van der Waals surface area contributed by atoms with Crippen molar-refractivity contribution < 1.29 is 27.5 Å². The molecule has 21 heavy (non-hydrogen) atoms. The minimum Gasteiger partial charge on any atom is -0.469 e. The van der Waals surface area contributed by atoms with Crippen molar-refractivity contribution >= 4 is 11.9 Å². The van der Waals surface area contributed by atoms with Gasteiger partial charge in [-0.25, -0.2) is 0 Å². The molecule has 1 N–H and O–H groups in total. The van der Waals surface area contributed by atoms with Crippen LogP contribution in [0.1, 0.15) is 26.2 Å². The summed E-state index contributed by atoms with van der Waals surface area (Å²) < 4.78 is 42.4. The normalized spacial score (nSPS) is 22.1. The highest BCUT2D eigenvalue weighted by Gasteiger charge is 2.44. The fourth-order valence-corrected chi connectivity index (χ4v) is 2.51. The highest BCUT2D eigenvalue weighted by Crippen LogP contribution is 2.33. The van der Waals surface area contributed by atoms with E-state index in [1.807, 2.05) is 0 Å². The van der Waals surface area contributed by atoms with E-state index >= 15 is 0 Å². The Labute approximate surface area is 121 Å². The smallest absolute Gasteiger partial charge is 0.406 e. The van der Waals surface area contributed by atoms with Crippen LogP contribution in [0, 0.1) is 5.41 Å². The van der Waals surface area contributed by atoms with Crippen LogP contribution in [0.3, 0.4) is 0 Å². The quantitative estimate of drug-likeness (QED) is 0.752. The molecule has 8 heteroatoms. The molecule has 5 nitrogen and oxygen atoms in total. The fourth-order valence-electron chi connectivity index (χ4n) is 2.51. The minimum absolute atomic E-state index is 0.245. The fraction of sp³-hybridized carbons (Fsp3) is 0.846. The van der Waals surface area contributed by atoms with E-state index in [0.29, 0.717) is 25.9 Å². The van der Waals surface area contributed by atoms with Crippen LogP contribution in [0.4, 0.5) is 13.2 Å². The summed E-state index contributed by atoms with van der Waals surface area (Å²) in [5.41, 5.74) is -0.804. The predicted molar refractivity (Wildman–Crippen MR) is 69.5 cm³/mol. The van der Waals surface area contributed by atoms with Gasteiger partial charge >= 0.3 is 12.1 Å². The summed E-state index contributed by atoms with van der Waals surface area (Å²) >= 11 is 0. The molecular formula is C13H21F3N2O3. The summed E-state index contributed by atoms with van der Waals surface area (Å²) in [4.78, 5) is 24.4. The van der Waals surface area contributed by atoms with Crippen LogP contribution < -0.4 is 5.32 Å². The predicted octanol–water partition coefficient (Wildman–Crippen LogP) is 1.33. The van der Waals surface area contributed by atoms with Crippen molar-refractivity contribution in [2.75, 3.05) is 33.3 Å². The number of hydrogen-bond acceptors (Lipinski definition) is 4. The van der Waals surface area contributed by atoms with Gasteiger partial charge in [-0.2, -0.15) is 13.2 Å². The van der Waals surface area contributed by atoms with Crippen LogP contribution in [0.2, 0.25) is 0 Å². The number of amides is 1. The molecule has 0 radical (unpaired) electrons. The van der Waals surface area contributed by atoms with Crippen molar-refractivity contribution in [3.05, 3.63) is 0 Å². The van der Waals surface area contributed by atoms with E-state index in [-0.39, 0.29) is 13.0 Å². The van der Waals surface area contributed by atoms with Crippen molar-refractivity contribution in [1.29, 1.82) is 0 Å². The van der Waals surface area contributed by atoms with E-state index in [9.17, 15) is 22.8 Å². The molecule has 1 unspecified atom stereocenters. The van der Waals surface area contributed by atoms with Gasteiger partial charge in [0, 0.05) is 13.1 Å². The van der Waals surface area contributed by atoms with Crippen LogP contribution >= 0.6 is 0 Å². The summed E-state index contributed by atoms with van der Waals surface area (Å²) in [6, 6.07) is 0. The van der Waals surface area contributed by atoms with Crippen molar-refractivity contribution in [1.82, 2.24) is 10.2 Å². The molecule has 1 heterocycles. The number of carbonyl (C=O) groups is 2. The molecule has 0 aromatic carbocycles. The zero-order valence-electron chi connectivity index (χ0n) is 12.3. The molecule has 1 aliphatic heterocycles. The SMILES string of the molecule is CCC1(C(=O)N(CCC(=O)OC)CC(F)(F)F)CCNC1. The first kappa shape index (κ1) is 17.7. The molecule has 0 aliphatic carbocycles. The van der Waals surface area contributed by atoms with E-state index in [2.05, 4.69) is 10.1 Å². The maximum atomic E-state index is 12.7. The van der Waals surface area contributed by atoms with Crippen LogP contribution in [-0.2, 0) is 14.3 Å². The number of carbonyl (C=O) groups excluding carboxylic acids is 2. The monoisotopic (exact) mass is 310 g/mol. The third-order valence-electron chi connectivity index (χ3n) is 3.85. The molecule has 1 aliphatic rings. The largest absolute Gasteiger partial charge is 0.469 e. The molecule has 0 spiro atoms. The summed E-state index contributed by atoms with van der Waals surface area (Å²) in [5, 5.41) is 3.02. The Morgan fingerprint density at radius 3 is 2.48 bits per heavy atom. The molecular weight excluding hydrogens is 289 g/mol. The van der Waals surface area contributed by atoms with Gasteiger partial charge in [-0.1, -0.05) is 6.92 Å². The van der Waals surface area contributed by atoms with E-state index in [0.717, 1.165) is 12.0 Å². The third kappa shape index (κ3) is 4.87. The van der Waals surface area contributed by atoms with E-state index in [4.69, 9.17) is 0 Å². The molecule has 1 atom stereocenters. The van der Waals surface area contributed by atoms with Crippen molar-refractivity contribution in [3.8, 4) is 0 Å². The van der Waals surface area contributed by atoms with Crippen LogP contribution in [0.15, 0.2) is 0 Å². The first-order chi connectivity index (χ1) is 9.74. The Balaban J connectivity index is 2.83. The number of nitrogens with one attached hydrogen (secondary N) is 1. The van der Waals surface area contributed by atoms with Gasteiger partial charge in [-0.3, -0.25) is 9.59 Å².